The Bertz CT molecular complexity index is 943. The smallest absolute Gasteiger partial charge is 0.194 e. The van der Waals surface area contributed by atoms with Crippen LogP contribution >= 0.6 is 12.2 Å². The van der Waals surface area contributed by atoms with Gasteiger partial charge >= 0.3 is 0 Å². The van der Waals surface area contributed by atoms with E-state index in [0.717, 1.165) is 5.69 Å². The van der Waals surface area contributed by atoms with E-state index in [-0.39, 0.29) is 0 Å². The summed E-state index contributed by atoms with van der Waals surface area (Å²) in [5.74, 6) is -6.06. The van der Waals surface area contributed by atoms with E-state index >= 15 is 0 Å². The standard InChI is InChI=1S/C17H12F4N4S/c18-13-6-14(19)16(21)15(20)12(13)9-25-8-11(7-22-25)24-17(26)23-10-4-2-1-3-5-10/h1-8H,9H2,(H2,23,24,26). The maximum Gasteiger partial charge on any atom is 0.194 e. The number of aromatic nitrogens is 2. The second kappa shape index (κ2) is 7.52. The van der Waals surface area contributed by atoms with Crippen LogP contribution in [0.25, 0.3) is 0 Å². The van der Waals surface area contributed by atoms with Gasteiger partial charge in [0.2, 0.25) is 0 Å². The maximum absolute atomic E-state index is 13.7. The van der Waals surface area contributed by atoms with Crippen molar-refractivity contribution in [1.82, 2.24) is 9.78 Å². The summed E-state index contributed by atoms with van der Waals surface area (Å²) in [6.45, 7) is -0.407. The lowest BCUT2D eigenvalue weighted by Crippen LogP contribution is -2.18. The summed E-state index contributed by atoms with van der Waals surface area (Å²) in [4.78, 5) is 0. The van der Waals surface area contributed by atoms with Crippen LogP contribution < -0.4 is 10.6 Å². The first-order chi connectivity index (χ1) is 12.4. The zero-order chi connectivity index (χ0) is 18.7. The molecular formula is C17H12F4N4S. The summed E-state index contributed by atoms with van der Waals surface area (Å²) < 4.78 is 54.9. The van der Waals surface area contributed by atoms with Gasteiger partial charge in [0.1, 0.15) is 5.82 Å². The van der Waals surface area contributed by atoms with Crippen molar-refractivity contribution >= 4 is 28.7 Å². The second-order valence-corrected chi connectivity index (χ2v) is 5.73. The minimum absolute atomic E-state index is 0.293. The van der Waals surface area contributed by atoms with E-state index in [1.165, 1.54) is 17.1 Å². The van der Waals surface area contributed by atoms with Gasteiger partial charge in [-0.05, 0) is 24.4 Å². The van der Waals surface area contributed by atoms with Crippen LogP contribution in [0.2, 0.25) is 0 Å². The summed E-state index contributed by atoms with van der Waals surface area (Å²) in [5.41, 5.74) is 0.619. The van der Waals surface area contributed by atoms with Gasteiger partial charge in [0, 0.05) is 23.5 Å². The number of nitrogens with zero attached hydrogens (tertiary/aromatic N) is 2. The molecule has 0 spiro atoms. The van der Waals surface area contributed by atoms with Gasteiger partial charge in [-0.15, -0.1) is 0 Å². The molecule has 0 saturated heterocycles. The highest BCUT2D eigenvalue weighted by molar-refractivity contribution is 7.80. The number of benzene rings is 2. The lowest BCUT2D eigenvalue weighted by Gasteiger charge is -2.09. The molecule has 3 aromatic rings. The van der Waals surface area contributed by atoms with Crippen molar-refractivity contribution in [2.75, 3.05) is 10.6 Å². The van der Waals surface area contributed by atoms with E-state index in [0.29, 0.717) is 16.9 Å². The van der Waals surface area contributed by atoms with Gasteiger partial charge in [0.15, 0.2) is 22.6 Å². The molecule has 0 atom stereocenters. The number of halogens is 4. The minimum atomic E-state index is -1.72. The van der Waals surface area contributed by atoms with Crippen LogP contribution in [-0.4, -0.2) is 14.9 Å². The average Bonchev–Trinajstić information content (AvgIpc) is 3.04. The number of thiocarbonyl (C=S) groups is 1. The predicted octanol–water partition coefficient (Wildman–Crippen LogP) is 4.30. The van der Waals surface area contributed by atoms with E-state index in [4.69, 9.17) is 12.2 Å². The molecule has 0 unspecified atom stereocenters. The van der Waals surface area contributed by atoms with E-state index in [1.54, 1.807) is 0 Å². The van der Waals surface area contributed by atoms with Crippen molar-refractivity contribution in [2.45, 2.75) is 6.54 Å². The van der Waals surface area contributed by atoms with E-state index in [1.807, 2.05) is 30.3 Å². The Hall–Kier alpha value is -2.94. The fourth-order valence-electron chi connectivity index (χ4n) is 2.24. The minimum Gasteiger partial charge on any atom is -0.332 e. The molecule has 134 valence electrons. The number of anilines is 2. The zero-order valence-electron chi connectivity index (χ0n) is 13.1. The third-order valence-corrected chi connectivity index (χ3v) is 3.66. The Morgan fingerprint density at radius 2 is 1.65 bits per heavy atom. The van der Waals surface area contributed by atoms with Crippen molar-refractivity contribution < 1.29 is 17.6 Å². The molecule has 0 aliphatic carbocycles. The van der Waals surface area contributed by atoms with E-state index in [2.05, 4.69) is 15.7 Å². The lowest BCUT2D eigenvalue weighted by atomic mass is 10.2. The van der Waals surface area contributed by atoms with E-state index in [9.17, 15) is 17.6 Å². The van der Waals surface area contributed by atoms with Crippen LogP contribution in [0, 0.1) is 23.3 Å². The lowest BCUT2D eigenvalue weighted by molar-refractivity contribution is 0.420. The SMILES string of the molecule is Fc1cc(F)c(Cn2cc(NC(=S)Nc3ccccc3)cn2)c(F)c1F. The summed E-state index contributed by atoms with van der Waals surface area (Å²) in [7, 11) is 0. The molecule has 0 amide bonds. The van der Waals surface area contributed by atoms with Gasteiger partial charge in [0.05, 0.1) is 18.4 Å². The highest BCUT2D eigenvalue weighted by Crippen LogP contribution is 2.20. The first-order valence-corrected chi connectivity index (χ1v) is 7.82. The molecule has 0 aliphatic rings. The first-order valence-electron chi connectivity index (χ1n) is 7.41. The van der Waals surface area contributed by atoms with Gasteiger partial charge in [-0.3, -0.25) is 4.68 Å². The molecule has 2 N–H and O–H groups in total. The monoisotopic (exact) mass is 380 g/mol. The molecule has 4 nitrogen and oxygen atoms in total. The van der Waals surface area contributed by atoms with Crippen LogP contribution in [0.3, 0.4) is 0 Å². The molecule has 2 aromatic carbocycles. The van der Waals surface area contributed by atoms with Gasteiger partial charge < -0.3 is 10.6 Å². The topological polar surface area (TPSA) is 41.9 Å². The predicted molar refractivity (Wildman–Crippen MR) is 93.9 cm³/mol. The summed E-state index contributed by atoms with van der Waals surface area (Å²) in [6, 6.07) is 9.50. The van der Waals surface area contributed by atoms with Crippen LogP contribution in [0.4, 0.5) is 28.9 Å². The molecule has 1 aromatic heterocycles. The Labute approximate surface area is 151 Å². The number of rotatable bonds is 4. The molecule has 3 rings (SSSR count). The third kappa shape index (κ3) is 3.99. The number of hydrogen-bond acceptors (Lipinski definition) is 2. The highest BCUT2D eigenvalue weighted by Gasteiger charge is 2.19. The molecule has 0 radical (unpaired) electrons. The second-order valence-electron chi connectivity index (χ2n) is 5.32. The number of hydrogen-bond donors (Lipinski definition) is 2. The molecule has 9 heteroatoms. The average molecular weight is 380 g/mol. The van der Waals surface area contributed by atoms with Crippen LogP contribution in [-0.2, 0) is 6.54 Å². The highest BCUT2D eigenvalue weighted by atomic mass is 32.1. The Kier molecular flexibility index (Phi) is 5.17. The summed E-state index contributed by atoms with van der Waals surface area (Å²) >= 11 is 5.16. The molecule has 26 heavy (non-hydrogen) atoms. The normalized spacial score (nSPS) is 10.6. The van der Waals surface area contributed by atoms with Crippen LogP contribution in [0.5, 0.6) is 0 Å². The van der Waals surface area contributed by atoms with Gasteiger partial charge in [-0.1, -0.05) is 18.2 Å². The van der Waals surface area contributed by atoms with Crippen LogP contribution in [0.1, 0.15) is 5.56 Å². The van der Waals surface area contributed by atoms with Crippen molar-refractivity contribution in [3.63, 3.8) is 0 Å². The molecule has 0 fully saturated rings. The Balaban J connectivity index is 1.69. The van der Waals surface area contributed by atoms with Crippen molar-refractivity contribution in [2.24, 2.45) is 0 Å². The number of nitrogens with one attached hydrogen (secondary N) is 2. The van der Waals surface area contributed by atoms with Gasteiger partial charge in [-0.25, -0.2) is 17.6 Å². The van der Waals surface area contributed by atoms with E-state index < -0.39 is 35.4 Å². The van der Waals surface area contributed by atoms with Gasteiger partial charge in [-0.2, -0.15) is 5.10 Å². The zero-order valence-corrected chi connectivity index (χ0v) is 14.0. The summed E-state index contributed by atoms with van der Waals surface area (Å²) in [5, 5.41) is 10.0. The fraction of sp³-hybridized carbons (Fsp3) is 0.0588. The third-order valence-electron chi connectivity index (χ3n) is 3.45. The van der Waals surface area contributed by atoms with Crippen LogP contribution in [0.15, 0.2) is 48.8 Å². The quantitative estimate of drug-likeness (QED) is 0.307. The Morgan fingerprint density at radius 1 is 0.962 bits per heavy atom. The molecule has 0 saturated carbocycles. The largest absolute Gasteiger partial charge is 0.332 e. The maximum atomic E-state index is 13.7. The number of para-hydroxylation sites is 1. The fourth-order valence-corrected chi connectivity index (χ4v) is 2.48. The molecular weight excluding hydrogens is 368 g/mol. The first kappa shape index (κ1) is 17.9. The Morgan fingerprint density at radius 3 is 2.38 bits per heavy atom. The summed E-state index contributed by atoms with van der Waals surface area (Å²) in [6.07, 6.45) is 2.81. The molecule has 1 heterocycles. The van der Waals surface area contributed by atoms with Crippen molar-refractivity contribution in [3.8, 4) is 0 Å². The molecule has 0 bridgehead atoms. The van der Waals surface area contributed by atoms with Gasteiger partial charge in [0.25, 0.3) is 0 Å². The molecule has 0 aliphatic heterocycles. The van der Waals surface area contributed by atoms with Crippen molar-refractivity contribution in [3.05, 3.63) is 77.6 Å². The van der Waals surface area contributed by atoms with Crippen molar-refractivity contribution in [1.29, 1.82) is 0 Å².